The maximum Gasteiger partial charge on any atom is 0.340 e. The van der Waals surface area contributed by atoms with Crippen molar-refractivity contribution in [1.82, 2.24) is 0 Å². The second kappa shape index (κ2) is 7.48. The lowest BCUT2D eigenvalue weighted by Gasteiger charge is -2.18. The number of nitrogens with zero attached hydrogens (tertiary/aromatic N) is 2. The van der Waals surface area contributed by atoms with Gasteiger partial charge in [-0.25, -0.2) is 4.79 Å². The zero-order valence-electron chi connectivity index (χ0n) is 15.6. The molecular weight excluding hydrogens is 360 g/mol. The molecule has 0 aromatic heterocycles. The van der Waals surface area contributed by atoms with E-state index in [2.05, 4.69) is 0 Å². The molecule has 1 heterocycles. The zero-order chi connectivity index (χ0) is 20.4. The molecule has 0 saturated carbocycles. The number of esters is 1. The van der Waals surface area contributed by atoms with Crippen LogP contribution in [-0.4, -0.2) is 23.9 Å². The lowest BCUT2D eigenvalue weighted by Crippen LogP contribution is -2.24. The number of rotatable bonds is 4. The molecule has 142 valence electrons. The van der Waals surface area contributed by atoms with Crippen molar-refractivity contribution in [3.05, 3.63) is 86.6 Å². The van der Waals surface area contributed by atoms with E-state index in [0.29, 0.717) is 11.4 Å². The van der Waals surface area contributed by atoms with Gasteiger partial charge in [0.05, 0.1) is 28.7 Å². The number of aryl methyl sites for hydroxylation is 1. The van der Waals surface area contributed by atoms with Crippen molar-refractivity contribution in [2.45, 2.75) is 13.8 Å². The summed E-state index contributed by atoms with van der Waals surface area (Å²) in [6.45, 7) is 3.54. The molecule has 1 aliphatic rings. The van der Waals surface area contributed by atoms with E-state index >= 15 is 0 Å². The van der Waals surface area contributed by atoms with Crippen LogP contribution >= 0.6 is 0 Å². The molecule has 0 radical (unpaired) electrons. The van der Waals surface area contributed by atoms with Crippen LogP contribution in [0.3, 0.4) is 0 Å². The lowest BCUT2D eigenvalue weighted by atomic mass is 10.0. The van der Waals surface area contributed by atoms with Crippen molar-refractivity contribution in [2.24, 2.45) is 0 Å². The average molecular weight is 378 g/mol. The van der Waals surface area contributed by atoms with Crippen molar-refractivity contribution in [2.75, 3.05) is 12.0 Å². The van der Waals surface area contributed by atoms with Gasteiger partial charge in [-0.3, -0.25) is 19.8 Å². The number of amides is 1. The van der Waals surface area contributed by atoms with E-state index < -0.39 is 16.8 Å². The number of anilines is 1. The van der Waals surface area contributed by atoms with Gasteiger partial charge in [0.2, 0.25) is 0 Å². The fourth-order valence-corrected chi connectivity index (χ4v) is 3.19. The lowest BCUT2D eigenvalue weighted by molar-refractivity contribution is -0.385. The largest absolute Gasteiger partial charge is 0.465 e. The first kappa shape index (κ1) is 19.0. The van der Waals surface area contributed by atoms with E-state index in [1.54, 1.807) is 19.1 Å². The number of nitro benzene ring substituents is 1. The van der Waals surface area contributed by atoms with Crippen LogP contribution in [0.15, 0.2) is 65.4 Å². The van der Waals surface area contributed by atoms with E-state index in [1.165, 1.54) is 36.3 Å². The van der Waals surface area contributed by atoms with Crippen LogP contribution in [0.25, 0.3) is 6.08 Å². The first-order chi connectivity index (χ1) is 13.3. The van der Waals surface area contributed by atoms with E-state index in [1.807, 2.05) is 25.1 Å². The van der Waals surface area contributed by atoms with Crippen LogP contribution in [0.1, 0.15) is 18.1 Å². The molecule has 7 nitrogen and oxygen atoms in total. The van der Waals surface area contributed by atoms with Crippen LogP contribution in [0.2, 0.25) is 0 Å². The first-order valence-electron chi connectivity index (χ1n) is 8.51. The predicted molar refractivity (Wildman–Crippen MR) is 104 cm³/mol. The minimum absolute atomic E-state index is 0.0557. The summed E-state index contributed by atoms with van der Waals surface area (Å²) < 4.78 is 4.86. The molecule has 0 N–H and O–H groups in total. The van der Waals surface area contributed by atoms with Crippen molar-refractivity contribution in [3.63, 3.8) is 0 Å². The Bertz CT molecular complexity index is 1050. The molecule has 0 unspecified atom stereocenters. The third-order valence-corrected chi connectivity index (χ3v) is 4.48. The summed E-state index contributed by atoms with van der Waals surface area (Å²) >= 11 is 0. The molecule has 28 heavy (non-hydrogen) atoms. The fourth-order valence-electron chi connectivity index (χ4n) is 3.19. The van der Waals surface area contributed by atoms with Crippen LogP contribution < -0.4 is 4.90 Å². The maximum absolute atomic E-state index is 13.2. The van der Waals surface area contributed by atoms with E-state index in [-0.39, 0.29) is 22.4 Å². The molecule has 7 heteroatoms. The van der Waals surface area contributed by atoms with Crippen LogP contribution in [0.4, 0.5) is 11.4 Å². The normalized spacial score (nSPS) is 15.3. The van der Waals surface area contributed by atoms with Crippen LogP contribution in [0, 0.1) is 17.0 Å². The number of carbonyl (C=O) groups is 2. The smallest absolute Gasteiger partial charge is 0.340 e. The second-order valence-corrected chi connectivity index (χ2v) is 6.31. The van der Waals surface area contributed by atoms with Gasteiger partial charge in [-0.15, -0.1) is 0 Å². The molecule has 0 saturated heterocycles. The molecule has 0 spiro atoms. The van der Waals surface area contributed by atoms with Crippen molar-refractivity contribution < 1.29 is 19.2 Å². The molecular formula is C21H18N2O5. The highest BCUT2D eigenvalue weighted by atomic mass is 16.6. The first-order valence-corrected chi connectivity index (χ1v) is 8.51. The highest BCUT2D eigenvalue weighted by Crippen LogP contribution is 2.36. The Morgan fingerprint density at radius 3 is 2.50 bits per heavy atom. The number of nitro groups is 1. The maximum atomic E-state index is 13.2. The highest BCUT2D eigenvalue weighted by molar-refractivity contribution is 6.24. The van der Waals surface area contributed by atoms with Gasteiger partial charge in [-0.1, -0.05) is 24.3 Å². The molecule has 0 fully saturated rings. The summed E-state index contributed by atoms with van der Waals surface area (Å²) in [6.07, 6.45) is 1.37. The fraction of sp³-hybridized carbons (Fsp3) is 0.143. The Hall–Kier alpha value is -3.74. The number of ether oxygens (including phenoxy) is 1. The van der Waals surface area contributed by atoms with Gasteiger partial charge in [0, 0.05) is 17.5 Å². The van der Waals surface area contributed by atoms with Crippen LogP contribution in [0.5, 0.6) is 0 Å². The van der Waals surface area contributed by atoms with Gasteiger partial charge in [-0.05, 0) is 43.7 Å². The molecule has 0 atom stereocenters. The van der Waals surface area contributed by atoms with Gasteiger partial charge < -0.3 is 4.74 Å². The molecule has 1 amide bonds. The summed E-state index contributed by atoms with van der Waals surface area (Å²) in [4.78, 5) is 37.8. The van der Waals surface area contributed by atoms with Gasteiger partial charge in [0.1, 0.15) is 0 Å². The molecule has 0 bridgehead atoms. The molecule has 2 aromatic rings. The molecule has 2 aromatic carbocycles. The number of methoxy groups -OCH3 is 1. The van der Waals surface area contributed by atoms with Crippen LogP contribution in [-0.2, 0) is 14.3 Å². The van der Waals surface area contributed by atoms with Gasteiger partial charge in [-0.2, -0.15) is 0 Å². The van der Waals surface area contributed by atoms with Crippen molar-refractivity contribution in [3.8, 4) is 0 Å². The third kappa shape index (κ3) is 3.29. The summed E-state index contributed by atoms with van der Waals surface area (Å²) in [5, 5.41) is 11.3. The number of benzene rings is 2. The number of para-hydroxylation sites is 1. The average Bonchev–Trinajstić information content (AvgIpc) is 2.91. The summed E-state index contributed by atoms with van der Waals surface area (Å²) in [5.41, 5.74) is 2.19. The summed E-state index contributed by atoms with van der Waals surface area (Å²) in [5.74, 6) is -1.12. The zero-order valence-corrected chi connectivity index (χ0v) is 15.6. The number of allylic oxidation sites excluding steroid dienone is 1. The van der Waals surface area contributed by atoms with Gasteiger partial charge in [0.25, 0.3) is 11.6 Å². The van der Waals surface area contributed by atoms with E-state index in [0.717, 1.165) is 5.56 Å². The Labute approximate surface area is 161 Å². The van der Waals surface area contributed by atoms with Crippen molar-refractivity contribution in [1.29, 1.82) is 0 Å². The Morgan fingerprint density at radius 1 is 1.14 bits per heavy atom. The topological polar surface area (TPSA) is 89.8 Å². The third-order valence-electron chi connectivity index (χ3n) is 4.48. The number of carbonyl (C=O) groups excluding carboxylic acids is 2. The molecule has 1 aliphatic heterocycles. The quantitative estimate of drug-likeness (QED) is 0.350. The van der Waals surface area contributed by atoms with E-state index in [4.69, 9.17) is 4.74 Å². The second-order valence-electron chi connectivity index (χ2n) is 6.31. The molecule has 0 aliphatic carbocycles. The minimum Gasteiger partial charge on any atom is -0.465 e. The van der Waals surface area contributed by atoms with Gasteiger partial charge in [0.15, 0.2) is 0 Å². The highest BCUT2D eigenvalue weighted by Gasteiger charge is 2.38. The Kier molecular flexibility index (Phi) is 5.08. The monoisotopic (exact) mass is 378 g/mol. The standard InChI is InChI=1S/C21H18N2O5/c1-13-7-6-9-16(11-13)22-14(2)19(21(25)28-3)17(20(22)24)12-15-8-4-5-10-18(15)23(26)27/h4-12H,1-3H3. The Balaban J connectivity index is 2.20. The Morgan fingerprint density at radius 2 is 1.86 bits per heavy atom. The van der Waals surface area contributed by atoms with Crippen molar-refractivity contribution >= 4 is 29.3 Å². The van der Waals surface area contributed by atoms with Gasteiger partial charge >= 0.3 is 5.97 Å². The minimum atomic E-state index is -0.675. The number of hydrogen-bond acceptors (Lipinski definition) is 5. The van der Waals surface area contributed by atoms with E-state index in [9.17, 15) is 19.7 Å². The number of hydrogen-bond donors (Lipinski definition) is 0. The summed E-state index contributed by atoms with van der Waals surface area (Å²) in [7, 11) is 1.23. The summed E-state index contributed by atoms with van der Waals surface area (Å²) in [6, 6.07) is 13.3. The molecule has 3 rings (SSSR count). The predicted octanol–water partition coefficient (Wildman–Crippen LogP) is 3.78. The SMILES string of the molecule is COC(=O)C1=C(C)N(c2cccc(C)c2)C(=O)C1=Cc1ccccc1[N+](=O)[O-].